The van der Waals surface area contributed by atoms with Gasteiger partial charge in [-0.15, -0.1) is 0 Å². The molecule has 0 aliphatic carbocycles. The molecule has 7 heteroatoms. The molecule has 68 valence electrons. The third-order valence-electron chi connectivity index (χ3n) is 0.308. The van der Waals surface area contributed by atoms with Gasteiger partial charge in [0.05, 0.1) is 0 Å². The van der Waals surface area contributed by atoms with Crippen LogP contribution in [0, 0.1) is 0 Å². The first-order valence-electron chi connectivity index (χ1n) is 2.31. The molecule has 0 aliphatic heterocycles. The fraction of sp³-hybridized carbons (Fsp3) is 0.500. The molecule has 4 N–H and O–H groups in total. The van der Waals surface area contributed by atoms with E-state index in [1.807, 2.05) is 0 Å². The van der Waals surface area contributed by atoms with Gasteiger partial charge >= 0.3 is 33.0 Å². The maximum atomic E-state index is 9.10. The molecular formula is C4H8N2O4Pt. The van der Waals surface area contributed by atoms with Gasteiger partial charge in [-0.2, -0.15) is 13.1 Å². The van der Waals surface area contributed by atoms with E-state index in [1.54, 1.807) is 0 Å². The Hall–Kier alpha value is -0.452. The van der Waals surface area contributed by atoms with Crippen molar-refractivity contribution in [1.29, 1.82) is 0 Å². The minimum Gasteiger partial charge on any atom is -0.679 e. The van der Waals surface area contributed by atoms with Crippen LogP contribution >= 0.6 is 0 Å². The summed E-state index contributed by atoms with van der Waals surface area (Å²) in [5.74, 6) is -3.65. The van der Waals surface area contributed by atoms with Crippen molar-refractivity contribution in [3.63, 3.8) is 0 Å². The first-order valence-corrected chi connectivity index (χ1v) is 2.31. The average molecular weight is 343 g/mol. The van der Waals surface area contributed by atoms with Crippen LogP contribution in [0.2, 0.25) is 0 Å². The van der Waals surface area contributed by atoms with Gasteiger partial charge in [0.1, 0.15) is 0 Å². The fourth-order valence-electron chi connectivity index (χ4n) is 0. The molecule has 0 fully saturated rings. The first-order chi connectivity index (χ1) is 4.56. The van der Waals surface area contributed by atoms with Gasteiger partial charge in [-0.05, 0) is 0 Å². The Morgan fingerprint density at radius 3 is 1.18 bits per heavy atom. The van der Waals surface area contributed by atoms with Gasteiger partial charge in [-0.1, -0.05) is 0 Å². The average Bonchev–Trinajstić information content (AvgIpc) is 1.89. The Balaban J connectivity index is -0.000000114. The number of carboxylic acids is 2. The minimum absolute atomic E-state index is 0. The molecule has 0 rings (SSSR count). The Morgan fingerprint density at radius 2 is 1.18 bits per heavy atom. The predicted molar refractivity (Wildman–Crippen MR) is 33.6 cm³/mol. The second kappa shape index (κ2) is 12.2. The van der Waals surface area contributed by atoms with Crippen LogP contribution in [-0.2, 0) is 30.7 Å². The molecule has 0 heterocycles. The maximum absolute atomic E-state index is 9.10. The van der Waals surface area contributed by atoms with Gasteiger partial charge in [-0.25, -0.2) is 9.59 Å². The zero-order valence-electron chi connectivity index (χ0n) is 5.44. The Bertz CT molecular complexity index is 105. The minimum atomic E-state index is -1.82. The van der Waals surface area contributed by atoms with Crippen LogP contribution in [0.5, 0.6) is 0 Å². The standard InChI is InChI=1S/C2H6N2.C2H2O4.Pt/c3-1-2-4;3-1(4)2(5)6;/h3-4H,1-2H2;(H,3,4)(H,5,6);/q-2;;+2. The molecule has 0 saturated carbocycles. The Morgan fingerprint density at radius 1 is 1.00 bits per heavy atom. The van der Waals surface area contributed by atoms with Crippen molar-refractivity contribution in [3.8, 4) is 0 Å². The van der Waals surface area contributed by atoms with Crippen LogP contribution in [0.4, 0.5) is 0 Å². The third kappa shape index (κ3) is 26.3. The molecule has 0 unspecified atom stereocenters. The summed E-state index contributed by atoms with van der Waals surface area (Å²) in [6.45, 7) is 0.472. The summed E-state index contributed by atoms with van der Waals surface area (Å²) in [4.78, 5) is 18.2. The normalized spacial score (nSPS) is 6.73. The molecule has 0 amide bonds. The number of hydrogen-bond donors (Lipinski definition) is 2. The van der Waals surface area contributed by atoms with E-state index in [4.69, 9.17) is 31.3 Å². The van der Waals surface area contributed by atoms with Crippen LogP contribution in [0.15, 0.2) is 0 Å². The second-order valence-corrected chi connectivity index (χ2v) is 1.11. The molecule has 0 radical (unpaired) electrons. The van der Waals surface area contributed by atoms with Crippen molar-refractivity contribution < 1.29 is 40.9 Å². The van der Waals surface area contributed by atoms with Crippen molar-refractivity contribution >= 4 is 11.9 Å². The first kappa shape index (κ1) is 16.9. The summed E-state index contributed by atoms with van der Waals surface area (Å²) in [7, 11) is 0. The summed E-state index contributed by atoms with van der Waals surface area (Å²) in [5.41, 5.74) is 12.5. The molecule has 0 saturated heterocycles. The maximum Gasteiger partial charge on any atom is 2.00 e. The summed E-state index contributed by atoms with van der Waals surface area (Å²) >= 11 is 0. The van der Waals surface area contributed by atoms with E-state index in [1.165, 1.54) is 0 Å². The summed E-state index contributed by atoms with van der Waals surface area (Å²) in [6, 6.07) is 0. The van der Waals surface area contributed by atoms with E-state index >= 15 is 0 Å². The number of aliphatic carboxylic acids is 2. The quantitative estimate of drug-likeness (QED) is 0.662. The number of nitrogens with one attached hydrogen (secondary N) is 2. The van der Waals surface area contributed by atoms with E-state index in [0.717, 1.165) is 0 Å². The van der Waals surface area contributed by atoms with Gasteiger partial charge in [-0.3, -0.25) is 0 Å². The Kier molecular flexibility index (Phi) is 18.8. The van der Waals surface area contributed by atoms with E-state index in [2.05, 4.69) is 0 Å². The molecular weight excluding hydrogens is 335 g/mol. The van der Waals surface area contributed by atoms with E-state index in [9.17, 15) is 0 Å². The van der Waals surface area contributed by atoms with Gasteiger partial charge in [0.2, 0.25) is 0 Å². The van der Waals surface area contributed by atoms with Crippen LogP contribution in [0.1, 0.15) is 0 Å². The van der Waals surface area contributed by atoms with Crippen LogP contribution < -0.4 is 0 Å². The van der Waals surface area contributed by atoms with E-state index < -0.39 is 11.9 Å². The van der Waals surface area contributed by atoms with Crippen molar-refractivity contribution in [3.05, 3.63) is 11.5 Å². The SMILES string of the molecule is O=C(O)C(=O)O.[NH-]CC[NH-].[Pt+2]. The molecule has 0 aromatic rings. The second-order valence-electron chi connectivity index (χ2n) is 1.11. The van der Waals surface area contributed by atoms with E-state index in [0.29, 0.717) is 0 Å². The zero-order valence-corrected chi connectivity index (χ0v) is 7.71. The van der Waals surface area contributed by atoms with Gasteiger partial charge in [0, 0.05) is 0 Å². The van der Waals surface area contributed by atoms with E-state index in [-0.39, 0.29) is 34.2 Å². The fourth-order valence-corrected chi connectivity index (χ4v) is 0. The summed E-state index contributed by atoms with van der Waals surface area (Å²) < 4.78 is 0. The topological polar surface area (TPSA) is 122 Å². The van der Waals surface area contributed by atoms with Gasteiger partial charge < -0.3 is 21.7 Å². The van der Waals surface area contributed by atoms with Crippen LogP contribution in [0.25, 0.3) is 11.5 Å². The molecule has 0 aromatic carbocycles. The van der Waals surface area contributed by atoms with Crippen LogP contribution in [0.3, 0.4) is 0 Å². The third-order valence-corrected chi connectivity index (χ3v) is 0.308. The predicted octanol–water partition coefficient (Wildman–Crippen LogP) is 0.244. The smallest absolute Gasteiger partial charge is 0.679 e. The molecule has 11 heavy (non-hydrogen) atoms. The van der Waals surface area contributed by atoms with Gasteiger partial charge in [0.25, 0.3) is 0 Å². The van der Waals surface area contributed by atoms with Crippen LogP contribution in [-0.4, -0.2) is 35.2 Å². The van der Waals surface area contributed by atoms with Gasteiger partial charge in [0.15, 0.2) is 0 Å². The molecule has 6 nitrogen and oxygen atoms in total. The number of hydrogen-bond acceptors (Lipinski definition) is 2. The Labute approximate surface area is 77.8 Å². The van der Waals surface area contributed by atoms with Crippen molar-refractivity contribution in [2.75, 3.05) is 13.1 Å². The molecule has 0 aromatic heterocycles. The number of carboxylic acid groups (broad SMARTS) is 2. The summed E-state index contributed by atoms with van der Waals surface area (Å²) in [5, 5.41) is 14.8. The molecule has 0 aliphatic rings. The summed E-state index contributed by atoms with van der Waals surface area (Å²) in [6.07, 6.45) is 0. The largest absolute Gasteiger partial charge is 2.00 e. The molecule has 0 atom stereocenters. The van der Waals surface area contributed by atoms with Crippen molar-refractivity contribution in [2.24, 2.45) is 0 Å². The van der Waals surface area contributed by atoms with Crippen molar-refractivity contribution in [1.82, 2.24) is 0 Å². The monoisotopic (exact) mass is 343 g/mol. The number of rotatable bonds is 1. The molecule has 0 bridgehead atoms. The zero-order chi connectivity index (χ0) is 8.57. The molecule has 0 spiro atoms. The number of carbonyl (C=O) groups is 2. The van der Waals surface area contributed by atoms with Crippen molar-refractivity contribution in [2.45, 2.75) is 0 Å².